The number of aromatic nitrogens is 2. The van der Waals surface area contributed by atoms with E-state index in [4.69, 9.17) is 4.42 Å². The molecule has 1 unspecified atom stereocenters. The van der Waals surface area contributed by atoms with Gasteiger partial charge in [0.15, 0.2) is 0 Å². The Hall–Kier alpha value is -1.69. The molecule has 20 heavy (non-hydrogen) atoms. The third-order valence-electron chi connectivity index (χ3n) is 3.59. The number of likely N-dealkylation sites (N-methyl/N-ethyl adjacent to an activating group) is 1. The van der Waals surface area contributed by atoms with Crippen LogP contribution < -0.4 is 0 Å². The molecule has 3 rings (SSSR count). The molecule has 0 radical (unpaired) electrons. The van der Waals surface area contributed by atoms with Crippen LogP contribution in [0.25, 0.3) is 10.8 Å². The average molecular weight is 291 g/mol. The van der Waals surface area contributed by atoms with E-state index in [1.807, 2.05) is 25.4 Å². The highest BCUT2D eigenvalue weighted by Gasteiger charge is 2.30. The molecule has 0 saturated carbocycles. The Morgan fingerprint density at radius 3 is 3.00 bits per heavy atom. The van der Waals surface area contributed by atoms with E-state index in [-0.39, 0.29) is 11.8 Å². The number of thiophene rings is 1. The molecule has 5 nitrogen and oxygen atoms in total. The summed E-state index contributed by atoms with van der Waals surface area (Å²) < 4.78 is 5.74. The number of aryl methyl sites for hydroxylation is 1. The van der Waals surface area contributed by atoms with E-state index in [1.54, 1.807) is 16.2 Å². The van der Waals surface area contributed by atoms with Gasteiger partial charge in [-0.05, 0) is 36.8 Å². The second-order valence-electron chi connectivity index (χ2n) is 5.24. The minimum atomic E-state index is -0.287. The van der Waals surface area contributed by atoms with E-state index in [0.29, 0.717) is 11.8 Å². The molecule has 0 aromatic carbocycles. The van der Waals surface area contributed by atoms with Gasteiger partial charge in [-0.2, -0.15) is 0 Å². The van der Waals surface area contributed by atoms with Crippen LogP contribution in [0.4, 0.5) is 0 Å². The normalized spacial score (nSPS) is 20.2. The van der Waals surface area contributed by atoms with Crippen molar-refractivity contribution in [1.29, 1.82) is 0 Å². The molecule has 1 aliphatic heterocycles. The molecule has 0 bridgehead atoms. The van der Waals surface area contributed by atoms with Gasteiger partial charge in [-0.3, -0.25) is 4.79 Å². The number of nitrogens with zero attached hydrogens (tertiary/aromatic N) is 3. The molecule has 2 aromatic rings. The summed E-state index contributed by atoms with van der Waals surface area (Å²) in [6, 6.07) is 2.02. The van der Waals surface area contributed by atoms with Gasteiger partial charge in [-0.25, -0.2) is 0 Å². The maximum atomic E-state index is 12.3. The van der Waals surface area contributed by atoms with Gasteiger partial charge in [0.05, 0.1) is 4.88 Å². The van der Waals surface area contributed by atoms with Crippen molar-refractivity contribution in [1.82, 2.24) is 15.1 Å². The number of amides is 1. The SMILES string of the molecule is Cc1csc(-c2nnc(C3CCCCN(C)C3=O)o2)c1. The standard InChI is InChI=1S/C14H17N3O2S/c1-9-7-11(20-8-9)13-16-15-12(19-13)10-5-3-4-6-17(2)14(10)18/h7-8,10H,3-6H2,1-2H3. The second kappa shape index (κ2) is 5.36. The first-order valence-corrected chi connectivity index (χ1v) is 7.67. The molecule has 3 heterocycles. The van der Waals surface area contributed by atoms with Crippen LogP contribution in [-0.2, 0) is 4.79 Å². The summed E-state index contributed by atoms with van der Waals surface area (Å²) in [5, 5.41) is 10.2. The molecule has 1 fully saturated rings. The van der Waals surface area contributed by atoms with E-state index in [1.165, 1.54) is 5.56 Å². The van der Waals surface area contributed by atoms with E-state index < -0.39 is 0 Å². The monoisotopic (exact) mass is 291 g/mol. The molecular weight excluding hydrogens is 274 g/mol. The Bertz CT molecular complexity index is 619. The van der Waals surface area contributed by atoms with Gasteiger partial charge in [0.1, 0.15) is 5.92 Å². The lowest BCUT2D eigenvalue weighted by Crippen LogP contribution is -2.30. The number of carbonyl (C=O) groups excluding carboxylic acids is 1. The number of hydrogen-bond donors (Lipinski definition) is 0. The fourth-order valence-electron chi connectivity index (χ4n) is 2.44. The zero-order valence-electron chi connectivity index (χ0n) is 11.6. The Labute approximate surface area is 121 Å². The number of carbonyl (C=O) groups is 1. The number of rotatable bonds is 2. The first-order valence-electron chi connectivity index (χ1n) is 6.79. The van der Waals surface area contributed by atoms with Crippen LogP contribution in [0.15, 0.2) is 15.9 Å². The molecule has 1 amide bonds. The van der Waals surface area contributed by atoms with Crippen LogP contribution in [-0.4, -0.2) is 34.6 Å². The highest BCUT2D eigenvalue weighted by molar-refractivity contribution is 7.13. The van der Waals surface area contributed by atoms with Crippen molar-refractivity contribution in [2.24, 2.45) is 0 Å². The van der Waals surface area contributed by atoms with Crippen LogP contribution in [0.2, 0.25) is 0 Å². The van der Waals surface area contributed by atoms with E-state index >= 15 is 0 Å². The fraction of sp³-hybridized carbons (Fsp3) is 0.500. The van der Waals surface area contributed by atoms with Crippen molar-refractivity contribution in [2.45, 2.75) is 32.1 Å². The third-order valence-corrected chi connectivity index (χ3v) is 4.63. The van der Waals surface area contributed by atoms with Gasteiger partial charge in [-0.15, -0.1) is 21.5 Å². The summed E-state index contributed by atoms with van der Waals surface area (Å²) in [5.41, 5.74) is 1.18. The topological polar surface area (TPSA) is 59.2 Å². The molecule has 0 aliphatic carbocycles. The van der Waals surface area contributed by atoms with Crippen molar-refractivity contribution >= 4 is 17.2 Å². The van der Waals surface area contributed by atoms with Crippen molar-refractivity contribution in [3.05, 3.63) is 22.9 Å². The highest BCUT2D eigenvalue weighted by Crippen LogP contribution is 2.30. The van der Waals surface area contributed by atoms with Crippen LogP contribution in [0.5, 0.6) is 0 Å². The van der Waals surface area contributed by atoms with Crippen LogP contribution in [0, 0.1) is 6.92 Å². The third kappa shape index (κ3) is 2.47. The second-order valence-corrected chi connectivity index (χ2v) is 6.15. The molecule has 1 atom stereocenters. The maximum Gasteiger partial charge on any atom is 0.257 e. The van der Waals surface area contributed by atoms with Crippen molar-refractivity contribution in [3.63, 3.8) is 0 Å². The van der Waals surface area contributed by atoms with Crippen LogP contribution in [0.3, 0.4) is 0 Å². The molecule has 0 N–H and O–H groups in total. The van der Waals surface area contributed by atoms with E-state index in [9.17, 15) is 4.79 Å². The molecule has 0 spiro atoms. The average Bonchev–Trinajstić information content (AvgIpc) is 3.03. The Morgan fingerprint density at radius 1 is 1.40 bits per heavy atom. The first-order chi connectivity index (χ1) is 9.65. The summed E-state index contributed by atoms with van der Waals surface area (Å²) >= 11 is 1.58. The van der Waals surface area contributed by atoms with Gasteiger partial charge in [0.25, 0.3) is 5.89 Å². The minimum Gasteiger partial charge on any atom is -0.419 e. The molecular formula is C14H17N3O2S. The number of hydrogen-bond acceptors (Lipinski definition) is 5. The molecule has 106 valence electrons. The van der Waals surface area contributed by atoms with Crippen molar-refractivity contribution in [3.8, 4) is 10.8 Å². The first kappa shape index (κ1) is 13.3. The summed E-state index contributed by atoms with van der Waals surface area (Å²) in [4.78, 5) is 15.0. The molecule has 1 aliphatic rings. The lowest BCUT2D eigenvalue weighted by Gasteiger charge is -2.16. The van der Waals surface area contributed by atoms with Gasteiger partial charge in [0.2, 0.25) is 11.8 Å². The van der Waals surface area contributed by atoms with Gasteiger partial charge in [0, 0.05) is 13.6 Å². The van der Waals surface area contributed by atoms with E-state index in [2.05, 4.69) is 10.2 Å². The van der Waals surface area contributed by atoms with Gasteiger partial charge >= 0.3 is 0 Å². The van der Waals surface area contributed by atoms with Crippen molar-refractivity contribution < 1.29 is 9.21 Å². The summed E-state index contributed by atoms with van der Waals surface area (Å²) in [5.74, 6) is 0.757. The summed E-state index contributed by atoms with van der Waals surface area (Å²) in [6.07, 6.45) is 2.83. The zero-order chi connectivity index (χ0) is 14.1. The molecule has 6 heteroatoms. The Balaban J connectivity index is 1.87. The smallest absolute Gasteiger partial charge is 0.257 e. The van der Waals surface area contributed by atoms with Crippen LogP contribution >= 0.6 is 11.3 Å². The number of likely N-dealkylation sites (tertiary alicyclic amines) is 1. The lowest BCUT2D eigenvalue weighted by atomic mass is 10.0. The van der Waals surface area contributed by atoms with Gasteiger partial charge < -0.3 is 9.32 Å². The predicted octanol–water partition coefficient (Wildman–Crippen LogP) is 2.83. The predicted molar refractivity (Wildman–Crippen MR) is 76.6 cm³/mol. The highest BCUT2D eigenvalue weighted by atomic mass is 32.1. The summed E-state index contributed by atoms with van der Waals surface area (Å²) in [7, 11) is 1.83. The molecule has 2 aromatic heterocycles. The minimum absolute atomic E-state index is 0.0834. The summed E-state index contributed by atoms with van der Waals surface area (Å²) in [6.45, 7) is 2.83. The Kier molecular flexibility index (Phi) is 3.56. The van der Waals surface area contributed by atoms with Gasteiger partial charge in [-0.1, -0.05) is 6.42 Å². The maximum absolute atomic E-state index is 12.3. The molecule has 1 saturated heterocycles. The lowest BCUT2D eigenvalue weighted by molar-refractivity contribution is -0.131. The quantitative estimate of drug-likeness (QED) is 0.853. The Morgan fingerprint density at radius 2 is 2.25 bits per heavy atom. The van der Waals surface area contributed by atoms with E-state index in [0.717, 1.165) is 30.7 Å². The largest absolute Gasteiger partial charge is 0.419 e. The van der Waals surface area contributed by atoms with Crippen molar-refractivity contribution in [2.75, 3.05) is 13.6 Å². The van der Waals surface area contributed by atoms with Crippen LogP contribution in [0.1, 0.15) is 36.6 Å². The zero-order valence-corrected chi connectivity index (χ0v) is 12.4. The fourth-order valence-corrected chi connectivity index (χ4v) is 3.26.